The second-order valence-corrected chi connectivity index (χ2v) is 8.67. The van der Waals surface area contributed by atoms with Crippen molar-refractivity contribution in [2.24, 2.45) is 5.92 Å². The maximum Gasteiger partial charge on any atom is 0.410 e. The number of fused-ring (bicyclic) bond motifs is 1. The number of nitrogens with zero attached hydrogens (tertiary/aromatic N) is 4. The fourth-order valence-corrected chi connectivity index (χ4v) is 5.03. The summed E-state index contributed by atoms with van der Waals surface area (Å²) in [6.45, 7) is 1.47. The second-order valence-electron chi connectivity index (χ2n) is 8.67. The molecule has 31 heavy (non-hydrogen) atoms. The predicted octanol–water partition coefficient (Wildman–Crippen LogP) is 4.63. The molecule has 1 aromatic heterocycles. The van der Waals surface area contributed by atoms with Crippen LogP contribution in [0, 0.1) is 23.1 Å². The number of benzene rings is 2. The lowest BCUT2D eigenvalue weighted by Crippen LogP contribution is -2.40. The number of ether oxygens (including phenoxy) is 1. The van der Waals surface area contributed by atoms with Crippen LogP contribution in [-0.4, -0.2) is 32.7 Å². The van der Waals surface area contributed by atoms with Crippen LogP contribution in [0.15, 0.2) is 48.8 Å². The van der Waals surface area contributed by atoms with E-state index in [-0.39, 0.29) is 18.5 Å². The first-order valence-electron chi connectivity index (χ1n) is 10.6. The first-order chi connectivity index (χ1) is 15.0. The van der Waals surface area contributed by atoms with E-state index in [1.807, 2.05) is 18.5 Å². The summed E-state index contributed by atoms with van der Waals surface area (Å²) in [4.78, 5) is 18.6. The maximum absolute atomic E-state index is 14.1. The predicted molar refractivity (Wildman–Crippen MR) is 112 cm³/mol. The van der Waals surface area contributed by atoms with Gasteiger partial charge in [0.25, 0.3) is 0 Å². The molecule has 0 unspecified atom stereocenters. The normalized spacial score (nSPS) is 23.3. The van der Waals surface area contributed by atoms with Crippen molar-refractivity contribution in [3.05, 3.63) is 65.7 Å². The molecule has 1 aliphatic carbocycles. The standard InChI is InChI=1S/C24H23FN4O2/c25-20-6-2-1-5-19(20)14-28-15-24(31-23(28)30)9-3-4-18(11-24)13-29-16-27-21-8-7-17(12-26)10-22(21)29/h1-2,5-8,10,16,18H,3-4,9,11,13-15H2/t18-,24-/m0/s1. The van der Waals surface area contributed by atoms with Crippen LogP contribution in [0.2, 0.25) is 0 Å². The number of hydrogen-bond acceptors (Lipinski definition) is 4. The van der Waals surface area contributed by atoms with Gasteiger partial charge in [-0.2, -0.15) is 5.26 Å². The van der Waals surface area contributed by atoms with Gasteiger partial charge in [-0.15, -0.1) is 0 Å². The molecule has 0 N–H and O–H groups in total. The van der Waals surface area contributed by atoms with Gasteiger partial charge in [-0.3, -0.25) is 4.90 Å². The van der Waals surface area contributed by atoms with Gasteiger partial charge in [-0.25, -0.2) is 14.2 Å². The zero-order valence-corrected chi connectivity index (χ0v) is 17.1. The molecule has 1 saturated heterocycles. The Morgan fingerprint density at radius 1 is 1.29 bits per heavy atom. The van der Waals surface area contributed by atoms with Crippen molar-refractivity contribution >= 4 is 17.1 Å². The zero-order valence-electron chi connectivity index (χ0n) is 17.1. The lowest BCUT2D eigenvalue weighted by Gasteiger charge is -2.36. The Morgan fingerprint density at radius 2 is 2.16 bits per heavy atom. The van der Waals surface area contributed by atoms with Gasteiger partial charge in [-0.05, 0) is 55.9 Å². The third-order valence-electron chi connectivity index (χ3n) is 6.47. The van der Waals surface area contributed by atoms with Gasteiger partial charge in [0.05, 0.1) is 42.1 Å². The number of nitriles is 1. The molecule has 0 radical (unpaired) electrons. The quantitative estimate of drug-likeness (QED) is 0.619. The van der Waals surface area contributed by atoms with Crippen molar-refractivity contribution < 1.29 is 13.9 Å². The monoisotopic (exact) mass is 418 g/mol. The maximum atomic E-state index is 14.1. The van der Waals surface area contributed by atoms with Crippen LogP contribution in [0.1, 0.15) is 36.8 Å². The third kappa shape index (κ3) is 3.74. The molecular formula is C24H23FN4O2. The fraction of sp³-hybridized carbons (Fsp3) is 0.375. The lowest BCUT2D eigenvalue weighted by molar-refractivity contribution is 0.00415. The molecule has 5 rings (SSSR count). The largest absolute Gasteiger partial charge is 0.441 e. The molecule has 1 aliphatic heterocycles. The molecule has 6 nitrogen and oxygen atoms in total. The molecule has 7 heteroatoms. The van der Waals surface area contributed by atoms with Gasteiger partial charge < -0.3 is 9.30 Å². The number of carbonyl (C=O) groups excluding carboxylic acids is 1. The average molecular weight is 418 g/mol. The summed E-state index contributed by atoms with van der Waals surface area (Å²) in [5, 5.41) is 9.20. The molecule has 2 atom stereocenters. The van der Waals surface area contributed by atoms with E-state index in [4.69, 9.17) is 4.74 Å². The minimum absolute atomic E-state index is 0.223. The third-order valence-corrected chi connectivity index (χ3v) is 6.47. The smallest absolute Gasteiger partial charge is 0.410 e. The number of rotatable bonds is 4. The molecule has 3 aromatic rings. The summed E-state index contributed by atoms with van der Waals surface area (Å²) in [5.74, 6) is 0.0274. The van der Waals surface area contributed by atoms with E-state index < -0.39 is 5.60 Å². The van der Waals surface area contributed by atoms with Crippen molar-refractivity contribution in [2.75, 3.05) is 6.54 Å². The first kappa shape index (κ1) is 19.6. The van der Waals surface area contributed by atoms with Crippen LogP contribution < -0.4 is 0 Å². The Labute approximate surface area is 179 Å². The summed E-state index contributed by atoms with van der Waals surface area (Å²) >= 11 is 0. The van der Waals surface area contributed by atoms with Crippen LogP contribution in [0.5, 0.6) is 0 Å². The molecular weight excluding hydrogens is 395 g/mol. The molecule has 2 aliphatic rings. The molecule has 2 fully saturated rings. The van der Waals surface area contributed by atoms with E-state index in [1.165, 1.54) is 6.07 Å². The van der Waals surface area contributed by atoms with Crippen molar-refractivity contribution in [3.63, 3.8) is 0 Å². The number of amides is 1. The van der Waals surface area contributed by atoms with E-state index in [1.54, 1.807) is 29.2 Å². The molecule has 158 valence electrons. The average Bonchev–Trinajstić information content (AvgIpc) is 3.29. The molecule has 2 aromatic carbocycles. The highest BCUT2D eigenvalue weighted by Gasteiger charge is 2.48. The number of hydrogen-bond donors (Lipinski definition) is 0. The highest BCUT2D eigenvalue weighted by atomic mass is 19.1. The number of aromatic nitrogens is 2. The minimum atomic E-state index is -0.514. The summed E-state index contributed by atoms with van der Waals surface area (Å²) in [6.07, 6.45) is 5.07. The Balaban J connectivity index is 1.31. The fourth-order valence-electron chi connectivity index (χ4n) is 5.03. The first-order valence-corrected chi connectivity index (χ1v) is 10.6. The van der Waals surface area contributed by atoms with Gasteiger partial charge in [0.1, 0.15) is 11.4 Å². The highest BCUT2D eigenvalue weighted by molar-refractivity contribution is 5.77. The van der Waals surface area contributed by atoms with Crippen LogP contribution >= 0.6 is 0 Å². The summed E-state index contributed by atoms with van der Waals surface area (Å²) < 4.78 is 22.0. The van der Waals surface area contributed by atoms with Gasteiger partial charge in [0, 0.05) is 12.1 Å². The van der Waals surface area contributed by atoms with Gasteiger partial charge in [0.15, 0.2) is 0 Å². The van der Waals surface area contributed by atoms with Crippen molar-refractivity contribution in [3.8, 4) is 6.07 Å². The molecule has 1 spiro atoms. The topological polar surface area (TPSA) is 71.2 Å². The van der Waals surface area contributed by atoms with E-state index in [0.29, 0.717) is 23.6 Å². The van der Waals surface area contributed by atoms with Crippen LogP contribution in [0.25, 0.3) is 11.0 Å². The van der Waals surface area contributed by atoms with Gasteiger partial charge >= 0.3 is 6.09 Å². The van der Waals surface area contributed by atoms with Gasteiger partial charge in [-0.1, -0.05) is 18.2 Å². The second kappa shape index (κ2) is 7.69. The van der Waals surface area contributed by atoms with Crippen LogP contribution in [0.4, 0.5) is 9.18 Å². The minimum Gasteiger partial charge on any atom is -0.441 e. The molecule has 2 heterocycles. The summed E-state index contributed by atoms with van der Waals surface area (Å²) in [5.41, 5.74) is 2.42. The Hall–Kier alpha value is -3.40. The number of carbonyl (C=O) groups is 1. The van der Waals surface area contributed by atoms with Crippen molar-refractivity contribution in [2.45, 2.75) is 44.4 Å². The van der Waals surface area contributed by atoms with E-state index >= 15 is 0 Å². The highest BCUT2D eigenvalue weighted by Crippen LogP contribution is 2.41. The van der Waals surface area contributed by atoms with Crippen LogP contribution in [-0.2, 0) is 17.8 Å². The molecule has 1 amide bonds. The summed E-state index contributed by atoms with van der Waals surface area (Å²) in [7, 11) is 0. The van der Waals surface area contributed by atoms with Crippen molar-refractivity contribution in [1.82, 2.24) is 14.5 Å². The molecule has 1 saturated carbocycles. The zero-order chi connectivity index (χ0) is 21.4. The van der Waals surface area contributed by atoms with Crippen LogP contribution in [0.3, 0.4) is 0 Å². The summed E-state index contributed by atoms with van der Waals surface area (Å²) in [6, 6.07) is 14.2. The van der Waals surface area contributed by atoms with E-state index in [0.717, 1.165) is 43.3 Å². The SMILES string of the molecule is N#Cc1ccc2ncn(C[C@H]3CCC[C@]4(C3)CN(Cc3ccccc3F)C(=O)O4)c2c1. The number of imidazole rings is 1. The Kier molecular flexibility index (Phi) is 4.85. The van der Waals surface area contributed by atoms with Gasteiger partial charge in [0.2, 0.25) is 0 Å². The Morgan fingerprint density at radius 3 is 3.00 bits per heavy atom. The van der Waals surface area contributed by atoms with E-state index in [2.05, 4.69) is 15.6 Å². The van der Waals surface area contributed by atoms with E-state index in [9.17, 15) is 14.4 Å². The lowest BCUT2D eigenvalue weighted by atomic mass is 9.78. The van der Waals surface area contributed by atoms with Crippen molar-refractivity contribution in [1.29, 1.82) is 5.26 Å². The Bertz CT molecular complexity index is 1180. The molecule has 0 bridgehead atoms. The number of halogens is 1.